The minimum absolute atomic E-state index is 0. The molecule has 0 fully saturated rings. The zero-order chi connectivity index (χ0) is 19.5. The van der Waals surface area contributed by atoms with Crippen molar-refractivity contribution in [2.75, 3.05) is 6.61 Å². The second kappa shape index (κ2) is 14.2. The van der Waals surface area contributed by atoms with Crippen molar-refractivity contribution in [2.45, 2.75) is 18.8 Å². The predicted molar refractivity (Wildman–Crippen MR) is 143 cm³/mol. The van der Waals surface area contributed by atoms with Crippen LogP contribution in [0.3, 0.4) is 0 Å². The Morgan fingerprint density at radius 1 is 0.812 bits per heavy atom. The molecular formula is C27H29Cl2OSiZr-3. The van der Waals surface area contributed by atoms with Crippen LogP contribution in [-0.4, -0.2) is 18.6 Å². The van der Waals surface area contributed by atoms with Crippen molar-refractivity contribution in [1.29, 1.82) is 0 Å². The Morgan fingerprint density at radius 3 is 2.19 bits per heavy atom. The van der Waals surface area contributed by atoms with E-state index >= 15 is 0 Å². The summed E-state index contributed by atoms with van der Waals surface area (Å²) in [6, 6.07) is 26.4. The van der Waals surface area contributed by atoms with Crippen LogP contribution in [0.5, 0.6) is 0 Å². The first-order chi connectivity index (χ1) is 13.9. The zero-order valence-corrected chi connectivity index (χ0v) is 23.6. The number of benzene rings is 3. The average molecular weight is 560 g/mol. The van der Waals surface area contributed by atoms with Crippen LogP contribution >= 0.6 is 24.8 Å². The third-order valence-corrected chi connectivity index (χ3v) is 5.64. The second-order valence-electron chi connectivity index (χ2n) is 7.12. The van der Waals surface area contributed by atoms with Gasteiger partial charge < -0.3 is 20.0 Å². The van der Waals surface area contributed by atoms with Crippen molar-refractivity contribution < 1.29 is 28.4 Å². The van der Waals surface area contributed by atoms with Gasteiger partial charge in [-0.15, -0.1) is 58.5 Å². The summed E-state index contributed by atoms with van der Waals surface area (Å²) < 4.78 is 0. The summed E-state index contributed by atoms with van der Waals surface area (Å²) in [5.74, 6) is 0.292. The van der Waals surface area contributed by atoms with Crippen molar-refractivity contribution in [1.82, 2.24) is 0 Å². The van der Waals surface area contributed by atoms with Gasteiger partial charge in [-0.2, -0.15) is 0 Å². The fourth-order valence-electron chi connectivity index (χ4n) is 4.46. The fraction of sp³-hybridized carbons (Fsp3) is 0.148. The van der Waals surface area contributed by atoms with Gasteiger partial charge >= 0.3 is 30.2 Å². The number of rotatable bonds is 4. The van der Waals surface area contributed by atoms with Gasteiger partial charge in [-0.25, -0.2) is 0 Å². The maximum atomic E-state index is 9.25. The molecule has 0 heterocycles. The number of aliphatic hydroxyl groups is 1. The van der Waals surface area contributed by atoms with Gasteiger partial charge in [0.25, 0.3) is 0 Å². The molecule has 2 radical (unpaired) electrons. The summed E-state index contributed by atoms with van der Waals surface area (Å²) in [7, 11) is 0. The van der Waals surface area contributed by atoms with E-state index < -0.39 is 0 Å². The van der Waals surface area contributed by atoms with E-state index in [1.807, 2.05) is 0 Å². The second-order valence-corrected chi connectivity index (χ2v) is 7.12. The Labute approximate surface area is 221 Å². The van der Waals surface area contributed by atoms with E-state index in [9.17, 15) is 5.11 Å². The summed E-state index contributed by atoms with van der Waals surface area (Å²) in [6.45, 7) is 3.31. The molecule has 1 aliphatic rings. The Hall–Kier alpha value is -1.09. The summed E-state index contributed by atoms with van der Waals surface area (Å²) >= 11 is 1.36. The van der Waals surface area contributed by atoms with Gasteiger partial charge in [-0.1, -0.05) is 72.3 Å². The maximum absolute atomic E-state index is 9.25. The van der Waals surface area contributed by atoms with Crippen LogP contribution in [0.2, 0.25) is 0 Å². The molecule has 0 saturated carbocycles. The first-order valence-corrected chi connectivity index (χ1v) is 13.8. The topological polar surface area (TPSA) is 20.2 Å². The molecule has 5 heteroatoms. The molecule has 0 spiro atoms. The van der Waals surface area contributed by atoms with Crippen molar-refractivity contribution in [2.24, 2.45) is 0 Å². The molecule has 1 nitrogen and oxygen atoms in total. The van der Waals surface area contributed by atoms with Crippen LogP contribution in [-0.2, 0) is 23.3 Å². The van der Waals surface area contributed by atoms with Crippen LogP contribution < -0.4 is 0 Å². The normalized spacial score (nSPS) is 13.2. The molecule has 0 bridgehead atoms. The number of hydrogen-bond donors (Lipinski definition) is 1. The van der Waals surface area contributed by atoms with Crippen molar-refractivity contribution >= 4 is 58.8 Å². The number of fused-ring (bicyclic) bond motifs is 4. The molecule has 0 aliphatic heterocycles. The van der Waals surface area contributed by atoms with E-state index in [0.29, 0.717) is 5.92 Å². The molecule has 1 atom stereocenters. The van der Waals surface area contributed by atoms with Crippen LogP contribution in [0.4, 0.5) is 0 Å². The van der Waals surface area contributed by atoms with Gasteiger partial charge in [0.15, 0.2) is 0 Å². The predicted octanol–water partition coefficient (Wildman–Crippen LogP) is 7.37. The monoisotopic (exact) mass is 557 g/mol. The van der Waals surface area contributed by atoms with E-state index in [1.54, 1.807) is 0 Å². The molecule has 0 aromatic heterocycles. The van der Waals surface area contributed by atoms with E-state index in [0.717, 1.165) is 12.8 Å². The summed E-state index contributed by atoms with van der Waals surface area (Å²) in [4.78, 5) is 0. The van der Waals surface area contributed by atoms with Gasteiger partial charge in [0.05, 0.1) is 0 Å². The van der Waals surface area contributed by atoms with Crippen LogP contribution in [0.1, 0.15) is 35.4 Å². The number of allylic oxidation sites excluding steroid dienone is 2. The van der Waals surface area contributed by atoms with Crippen molar-refractivity contribution in [3.05, 3.63) is 110 Å². The van der Waals surface area contributed by atoms with Crippen molar-refractivity contribution in [3.8, 4) is 0 Å². The van der Waals surface area contributed by atoms with Gasteiger partial charge in [-0.05, 0) is 29.5 Å². The van der Waals surface area contributed by atoms with Crippen LogP contribution in [0.25, 0.3) is 27.1 Å². The molecule has 1 aliphatic carbocycles. The number of halogens is 2. The van der Waals surface area contributed by atoms with Crippen LogP contribution in [0.15, 0.2) is 78.9 Å². The molecule has 32 heavy (non-hydrogen) atoms. The number of hydrogen-bond acceptors (Lipinski definition) is 1. The average Bonchev–Trinajstić information content (AvgIpc) is 3.32. The van der Waals surface area contributed by atoms with E-state index in [4.69, 9.17) is 0 Å². The molecule has 0 saturated heterocycles. The van der Waals surface area contributed by atoms with E-state index in [-0.39, 0.29) is 46.3 Å². The molecule has 5 rings (SSSR count). The van der Waals surface area contributed by atoms with Gasteiger partial charge in [-0.3, -0.25) is 0 Å². The molecule has 4 aromatic carbocycles. The van der Waals surface area contributed by atoms with E-state index in [2.05, 4.69) is 85.8 Å². The Morgan fingerprint density at radius 2 is 1.44 bits per heavy atom. The summed E-state index contributed by atoms with van der Waals surface area (Å²) in [5, 5.41) is 14.6. The molecule has 0 amide bonds. The molecule has 1 unspecified atom stereocenters. The molecule has 1 N–H and O–H groups in total. The molecule has 4 aromatic rings. The third kappa shape index (κ3) is 5.69. The molecular weight excluding hydrogens is 531 g/mol. The summed E-state index contributed by atoms with van der Waals surface area (Å²) in [6.07, 6.45) is 4.16. The molecule has 168 valence electrons. The first-order valence-electron chi connectivity index (χ1n) is 9.60. The van der Waals surface area contributed by atoms with Crippen molar-refractivity contribution in [3.63, 3.8) is 0 Å². The SMILES string of the molecule is Cl.Cl.OCCCC1=CC(c2cccc3c2[cH-]c2ccccc23)c2ccccc21.[CH3-].[CH3-].[Si]=[Zr]. The first kappa shape index (κ1) is 30.9. The number of aliphatic hydroxyl groups excluding tert-OH is 1. The third-order valence-electron chi connectivity index (χ3n) is 5.64. The van der Waals surface area contributed by atoms with Gasteiger partial charge in [0.1, 0.15) is 0 Å². The zero-order valence-electron chi connectivity index (χ0n) is 18.5. The Balaban J connectivity index is 0.00000156. The van der Waals surface area contributed by atoms with Gasteiger partial charge in [0.2, 0.25) is 0 Å². The van der Waals surface area contributed by atoms with E-state index in [1.165, 1.54) is 67.1 Å². The summed E-state index contributed by atoms with van der Waals surface area (Å²) in [5.41, 5.74) is 5.48. The van der Waals surface area contributed by atoms with Gasteiger partial charge in [0, 0.05) is 12.5 Å². The fourth-order valence-corrected chi connectivity index (χ4v) is 4.46. The Kier molecular flexibility index (Phi) is 13.7. The minimum atomic E-state index is 0. The Bertz CT molecular complexity index is 1170. The standard InChI is InChI=1S/C25H21O.2CH3.2ClH.Si.Zr/c26-14-6-8-18-16-24(21-11-4-3-10-20(18)21)23-13-5-12-22-19-9-2-1-7-17(19)15-25(22)23;;;;;;/h1-5,7,9-13,15-16,24,26H,6,8,14H2;2*1H3;2*1H;;/q3*-1;;;;. The van der Waals surface area contributed by atoms with Crippen LogP contribution in [0, 0.1) is 14.9 Å². The quantitative estimate of drug-likeness (QED) is 0.204.